The van der Waals surface area contributed by atoms with Gasteiger partial charge in [-0.3, -0.25) is 0 Å². The van der Waals surface area contributed by atoms with Gasteiger partial charge in [0.15, 0.2) is 0 Å². The van der Waals surface area contributed by atoms with Crippen molar-refractivity contribution in [1.82, 2.24) is 4.98 Å². The zero-order valence-corrected chi connectivity index (χ0v) is 8.90. The van der Waals surface area contributed by atoms with Crippen LogP contribution in [0.25, 0.3) is 21.8 Å². The molecule has 2 N–H and O–H groups in total. The molecule has 1 heterocycles. The van der Waals surface area contributed by atoms with Gasteiger partial charge in [0, 0.05) is 28.4 Å². The second-order valence-corrected chi connectivity index (χ2v) is 4.02. The molecule has 0 spiro atoms. The third-order valence-corrected chi connectivity index (χ3v) is 2.97. The van der Waals surface area contributed by atoms with Gasteiger partial charge in [-0.25, -0.2) is 0 Å². The molecule has 1 aromatic heterocycles. The molecule has 0 saturated heterocycles. The third-order valence-electron chi connectivity index (χ3n) is 2.97. The van der Waals surface area contributed by atoms with Crippen molar-refractivity contribution in [2.24, 2.45) is 0 Å². The Hall–Kier alpha value is -1.80. The number of para-hydroxylation sites is 1. The monoisotopic (exact) mass is 211 g/mol. The van der Waals surface area contributed by atoms with E-state index >= 15 is 0 Å². The van der Waals surface area contributed by atoms with E-state index in [1.54, 1.807) is 0 Å². The maximum absolute atomic E-state index is 8.92. The summed E-state index contributed by atoms with van der Waals surface area (Å²) >= 11 is 0. The van der Waals surface area contributed by atoms with Crippen LogP contribution in [-0.2, 0) is 6.42 Å². The highest BCUT2D eigenvalue weighted by Crippen LogP contribution is 2.25. The number of aromatic amines is 1. The van der Waals surface area contributed by atoms with Crippen LogP contribution in [-0.4, -0.2) is 16.7 Å². The number of H-pyrrole nitrogens is 1. The second kappa shape index (κ2) is 3.65. The molecule has 0 aliphatic carbocycles. The lowest BCUT2D eigenvalue weighted by atomic mass is 10.1. The number of hydrogen-bond acceptors (Lipinski definition) is 1. The fraction of sp³-hybridized carbons (Fsp3) is 0.143. The number of aromatic nitrogens is 1. The maximum Gasteiger partial charge on any atom is 0.0471 e. The number of rotatable bonds is 2. The van der Waals surface area contributed by atoms with Gasteiger partial charge in [-0.2, -0.15) is 0 Å². The minimum atomic E-state index is 0.200. The van der Waals surface area contributed by atoms with Gasteiger partial charge < -0.3 is 10.1 Å². The molecule has 0 amide bonds. The standard InChI is InChI=1S/C14H13NO/c16-8-7-10-5-6-12-11-3-1-2-4-13(11)15-14(12)9-10/h1-6,9,15-16H,7-8H2. The summed E-state index contributed by atoms with van der Waals surface area (Å²) in [6.07, 6.45) is 0.714. The van der Waals surface area contributed by atoms with Gasteiger partial charge in [0.2, 0.25) is 0 Å². The molecule has 0 aliphatic heterocycles. The number of benzene rings is 2. The lowest BCUT2D eigenvalue weighted by Crippen LogP contribution is -1.89. The van der Waals surface area contributed by atoms with E-state index in [4.69, 9.17) is 5.11 Å². The molecular formula is C14H13NO. The molecule has 16 heavy (non-hydrogen) atoms. The summed E-state index contributed by atoms with van der Waals surface area (Å²) < 4.78 is 0. The molecule has 3 rings (SSSR count). The minimum Gasteiger partial charge on any atom is -0.396 e. The van der Waals surface area contributed by atoms with E-state index in [-0.39, 0.29) is 6.61 Å². The molecule has 0 atom stereocenters. The molecule has 0 fully saturated rings. The summed E-state index contributed by atoms with van der Waals surface area (Å²) in [5.74, 6) is 0. The molecule has 80 valence electrons. The molecule has 0 bridgehead atoms. The Morgan fingerprint density at radius 1 is 0.938 bits per heavy atom. The summed E-state index contributed by atoms with van der Waals surface area (Å²) in [4.78, 5) is 3.40. The van der Waals surface area contributed by atoms with E-state index in [1.807, 2.05) is 6.07 Å². The highest BCUT2D eigenvalue weighted by molar-refractivity contribution is 6.07. The Morgan fingerprint density at radius 3 is 2.62 bits per heavy atom. The number of nitrogens with one attached hydrogen (secondary N) is 1. The molecule has 0 saturated carbocycles. The van der Waals surface area contributed by atoms with Crippen LogP contribution in [0, 0.1) is 0 Å². The van der Waals surface area contributed by atoms with Crippen molar-refractivity contribution in [3.8, 4) is 0 Å². The van der Waals surface area contributed by atoms with Crippen molar-refractivity contribution in [2.75, 3.05) is 6.61 Å². The SMILES string of the molecule is OCCc1ccc2c(c1)[nH]c1ccccc12. The van der Waals surface area contributed by atoms with Crippen LogP contribution in [0.1, 0.15) is 5.56 Å². The van der Waals surface area contributed by atoms with Crippen LogP contribution in [0.4, 0.5) is 0 Å². The van der Waals surface area contributed by atoms with Gasteiger partial charge >= 0.3 is 0 Å². The summed E-state index contributed by atoms with van der Waals surface area (Å²) in [6.45, 7) is 0.200. The van der Waals surface area contributed by atoms with E-state index in [9.17, 15) is 0 Å². The molecule has 2 aromatic carbocycles. The average Bonchev–Trinajstić information content (AvgIpc) is 2.67. The summed E-state index contributed by atoms with van der Waals surface area (Å²) in [6, 6.07) is 14.6. The summed E-state index contributed by atoms with van der Waals surface area (Å²) in [7, 11) is 0. The maximum atomic E-state index is 8.92. The quantitative estimate of drug-likeness (QED) is 0.671. The van der Waals surface area contributed by atoms with Crippen LogP contribution in [0.3, 0.4) is 0 Å². The average molecular weight is 211 g/mol. The van der Waals surface area contributed by atoms with Crippen LogP contribution in [0.15, 0.2) is 42.5 Å². The number of aliphatic hydroxyl groups excluding tert-OH is 1. The molecular weight excluding hydrogens is 198 g/mol. The minimum absolute atomic E-state index is 0.200. The molecule has 0 radical (unpaired) electrons. The van der Waals surface area contributed by atoms with Gasteiger partial charge in [-0.1, -0.05) is 30.3 Å². The molecule has 0 unspecified atom stereocenters. The topological polar surface area (TPSA) is 36.0 Å². The van der Waals surface area contributed by atoms with Gasteiger partial charge in [-0.05, 0) is 24.1 Å². The Kier molecular flexibility index (Phi) is 2.15. The van der Waals surface area contributed by atoms with Crippen LogP contribution in [0.5, 0.6) is 0 Å². The van der Waals surface area contributed by atoms with Crippen LogP contribution in [0.2, 0.25) is 0 Å². The van der Waals surface area contributed by atoms with Crippen molar-refractivity contribution in [3.63, 3.8) is 0 Å². The van der Waals surface area contributed by atoms with E-state index in [0.717, 1.165) is 5.52 Å². The van der Waals surface area contributed by atoms with E-state index < -0.39 is 0 Å². The predicted octanol–water partition coefficient (Wildman–Crippen LogP) is 2.86. The lowest BCUT2D eigenvalue weighted by molar-refractivity contribution is 0.299. The molecule has 2 heteroatoms. The first kappa shape index (κ1) is 9.43. The van der Waals surface area contributed by atoms with E-state index in [1.165, 1.54) is 21.9 Å². The van der Waals surface area contributed by atoms with Gasteiger partial charge in [0.25, 0.3) is 0 Å². The van der Waals surface area contributed by atoms with Crippen molar-refractivity contribution in [3.05, 3.63) is 48.0 Å². The van der Waals surface area contributed by atoms with Gasteiger partial charge in [-0.15, -0.1) is 0 Å². The Bertz CT molecular complexity index is 639. The van der Waals surface area contributed by atoms with E-state index in [2.05, 4.69) is 41.4 Å². The highest BCUT2D eigenvalue weighted by Gasteiger charge is 2.03. The number of fused-ring (bicyclic) bond motifs is 3. The zero-order valence-electron chi connectivity index (χ0n) is 8.90. The molecule has 2 nitrogen and oxygen atoms in total. The summed E-state index contributed by atoms with van der Waals surface area (Å²) in [5, 5.41) is 11.4. The highest BCUT2D eigenvalue weighted by atomic mass is 16.2. The largest absolute Gasteiger partial charge is 0.396 e. The first-order valence-electron chi connectivity index (χ1n) is 5.49. The Morgan fingerprint density at radius 2 is 1.75 bits per heavy atom. The molecule has 3 aromatic rings. The van der Waals surface area contributed by atoms with Crippen molar-refractivity contribution in [2.45, 2.75) is 6.42 Å². The first-order chi connectivity index (χ1) is 7.88. The number of aliphatic hydroxyl groups is 1. The summed E-state index contributed by atoms with van der Waals surface area (Å²) in [5.41, 5.74) is 3.48. The normalized spacial score (nSPS) is 11.3. The van der Waals surface area contributed by atoms with Gasteiger partial charge in [0.1, 0.15) is 0 Å². The third kappa shape index (κ3) is 1.39. The number of hydrogen-bond donors (Lipinski definition) is 2. The Balaban J connectivity index is 2.28. The van der Waals surface area contributed by atoms with Crippen molar-refractivity contribution >= 4 is 21.8 Å². The fourth-order valence-electron chi connectivity index (χ4n) is 2.19. The first-order valence-corrected chi connectivity index (χ1v) is 5.49. The zero-order chi connectivity index (χ0) is 11.0. The van der Waals surface area contributed by atoms with Gasteiger partial charge in [0.05, 0.1) is 0 Å². The lowest BCUT2D eigenvalue weighted by Gasteiger charge is -1.97. The smallest absolute Gasteiger partial charge is 0.0471 e. The Labute approximate surface area is 93.5 Å². The fourth-order valence-corrected chi connectivity index (χ4v) is 2.19. The second-order valence-electron chi connectivity index (χ2n) is 4.02. The van der Waals surface area contributed by atoms with Crippen molar-refractivity contribution in [1.29, 1.82) is 0 Å². The molecule has 0 aliphatic rings. The van der Waals surface area contributed by atoms with E-state index in [0.29, 0.717) is 6.42 Å². The van der Waals surface area contributed by atoms with Crippen molar-refractivity contribution < 1.29 is 5.11 Å². The van der Waals surface area contributed by atoms with Crippen LogP contribution >= 0.6 is 0 Å². The van der Waals surface area contributed by atoms with Crippen LogP contribution < -0.4 is 0 Å². The predicted molar refractivity (Wildman–Crippen MR) is 66.6 cm³/mol.